The van der Waals surface area contributed by atoms with Gasteiger partial charge in [0.2, 0.25) is 5.91 Å². The van der Waals surface area contributed by atoms with Gasteiger partial charge >= 0.3 is 0 Å². The minimum Gasteiger partial charge on any atom is -0.379 e. The molecule has 4 nitrogen and oxygen atoms in total. The van der Waals surface area contributed by atoms with Crippen molar-refractivity contribution in [3.63, 3.8) is 0 Å². The third kappa shape index (κ3) is 2.74. The smallest absolute Gasteiger partial charge is 0.222 e. The summed E-state index contributed by atoms with van der Waals surface area (Å²) in [6, 6.07) is 0. The number of rotatable bonds is 3. The third-order valence-corrected chi connectivity index (χ3v) is 3.77. The quantitative estimate of drug-likeness (QED) is 0.753. The molecule has 0 bridgehead atoms. The molecule has 1 aliphatic heterocycles. The first-order chi connectivity index (χ1) is 7.52. The van der Waals surface area contributed by atoms with Crippen molar-refractivity contribution in [2.24, 2.45) is 5.73 Å². The molecule has 92 valence electrons. The molecular formula is C12H22N2O2. The van der Waals surface area contributed by atoms with Gasteiger partial charge < -0.3 is 15.8 Å². The van der Waals surface area contributed by atoms with Crippen molar-refractivity contribution in [3.05, 3.63) is 0 Å². The predicted molar refractivity (Wildman–Crippen MR) is 62.0 cm³/mol. The summed E-state index contributed by atoms with van der Waals surface area (Å²) in [4.78, 5) is 11.9. The zero-order chi connectivity index (χ0) is 11.6. The average Bonchev–Trinajstić information content (AvgIpc) is 2.75. The Morgan fingerprint density at radius 3 is 2.62 bits per heavy atom. The lowest BCUT2D eigenvalue weighted by molar-refractivity contribution is -0.124. The molecule has 2 fully saturated rings. The van der Waals surface area contributed by atoms with Crippen LogP contribution < -0.4 is 11.1 Å². The Morgan fingerprint density at radius 2 is 2.06 bits per heavy atom. The summed E-state index contributed by atoms with van der Waals surface area (Å²) in [6.45, 7) is 3.40. The molecule has 0 aromatic heterocycles. The first kappa shape index (κ1) is 11.9. The van der Waals surface area contributed by atoms with Crippen LogP contribution in [0.1, 0.15) is 45.4 Å². The van der Waals surface area contributed by atoms with Crippen molar-refractivity contribution < 1.29 is 9.53 Å². The summed E-state index contributed by atoms with van der Waals surface area (Å²) in [7, 11) is 0. The Hall–Kier alpha value is -0.610. The van der Waals surface area contributed by atoms with Crippen LogP contribution in [0.15, 0.2) is 0 Å². The standard InChI is InChI=1S/C12H22N2O2/c1-11(6-7-16-9-11)14-10(15)8-12(13)4-2-3-5-12/h2-9,13H2,1H3,(H,14,15). The van der Waals surface area contributed by atoms with Gasteiger partial charge in [0.1, 0.15) is 0 Å². The van der Waals surface area contributed by atoms with Crippen LogP contribution in [-0.4, -0.2) is 30.2 Å². The number of hydrogen-bond donors (Lipinski definition) is 2. The first-order valence-corrected chi connectivity index (χ1v) is 6.19. The van der Waals surface area contributed by atoms with E-state index in [4.69, 9.17) is 10.5 Å². The molecule has 2 aliphatic rings. The SMILES string of the molecule is CC1(NC(=O)CC2(N)CCCC2)CCOC1. The van der Waals surface area contributed by atoms with E-state index in [1.165, 1.54) is 0 Å². The molecule has 4 heteroatoms. The topological polar surface area (TPSA) is 64.4 Å². The lowest BCUT2D eigenvalue weighted by atomic mass is 9.93. The van der Waals surface area contributed by atoms with E-state index in [1.54, 1.807) is 0 Å². The molecule has 0 spiro atoms. The van der Waals surface area contributed by atoms with E-state index in [2.05, 4.69) is 5.32 Å². The number of nitrogens with one attached hydrogen (secondary N) is 1. The average molecular weight is 226 g/mol. The van der Waals surface area contributed by atoms with E-state index in [-0.39, 0.29) is 17.0 Å². The van der Waals surface area contributed by atoms with Crippen LogP contribution in [0.2, 0.25) is 0 Å². The maximum atomic E-state index is 11.9. The van der Waals surface area contributed by atoms with Crippen LogP contribution in [0.4, 0.5) is 0 Å². The fraction of sp³-hybridized carbons (Fsp3) is 0.917. The summed E-state index contributed by atoms with van der Waals surface area (Å²) >= 11 is 0. The van der Waals surface area contributed by atoms with Gasteiger partial charge in [-0.05, 0) is 26.2 Å². The number of ether oxygens (including phenoxy) is 1. The summed E-state index contributed by atoms with van der Waals surface area (Å²) in [5, 5.41) is 3.06. The largest absolute Gasteiger partial charge is 0.379 e. The second-order valence-electron chi connectivity index (χ2n) is 5.66. The molecule has 1 amide bonds. The van der Waals surface area contributed by atoms with Gasteiger partial charge in [0.25, 0.3) is 0 Å². The summed E-state index contributed by atoms with van der Waals surface area (Å²) in [5.41, 5.74) is 5.76. The molecule has 0 radical (unpaired) electrons. The number of carbonyl (C=O) groups excluding carboxylic acids is 1. The fourth-order valence-corrected chi connectivity index (χ4v) is 2.72. The Labute approximate surface area is 96.9 Å². The molecule has 1 saturated carbocycles. The molecule has 0 aromatic carbocycles. The molecule has 1 saturated heterocycles. The highest BCUT2D eigenvalue weighted by atomic mass is 16.5. The van der Waals surface area contributed by atoms with Crippen molar-refractivity contribution in [1.29, 1.82) is 0 Å². The van der Waals surface area contributed by atoms with E-state index in [0.717, 1.165) is 38.7 Å². The lowest BCUT2D eigenvalue weighted by Crippen LogP contribution is -2.50. The molecule has 3 N–H and O–H groups in total. The maximum absolute atomic E-state index is 11.9. The number of amides is 1. The van der Waals surface area contributed by atoms with Crippen LogP contribution in [0.3, 0.4) is 0 Å². The van der Waals surface area contributed by atoms with Crippen LogP contribution in [-0.2, 0) is 9.53 Å². The van der Waals surface area contributed by atoms with Gasteiger partial charge in [-0.25, -0.2) is 0 Å². The number of hydrogen-bond acceptors (Lipinski definition) is 3. The van der Waals surface area contributed by atoms with E-state index in [1.807, 2.05) is 6.92 Å². The van der Waals surface area contributed by atoms with Crippen LogP contribution >= 0.6 is 0 Å². The van der Waals surface area contributed by atoms with Gasteiger partial charge in [-0.2, -0.15) is 0 Å². The molecule has 2 rings (SSSR count). The maximum Gasteiger partial charge on any atom is 0.222 e. The normalized spacial score (nSPS) is 32.9. The minimum atomic E-state index is -0.250. The van der Waals surface area contributed by atoms with Gasteiger partial charge in [-0.1, -0.05) is 12.8 Å². The third-order valence-electron chi connectivity index (χ3n) is 3.77. The number of nitrogens with two attached hydrogens (primary N) is 1. The van der Waals surface area contributed by atoms with Crippen LogP contribution in [0, 0.1) is 0 Å². The van der Waals surface area contributed by atoms with E-state index < -0.39 is 0 Å². The van der Waals surface area contributed by atoms with Gasteiger partial charge in [-0.15, -0.1) is 0 Å². The molecule has 1 unspecified atom stereocenters. The minimum absolute atomic E-state index is 0.0809. The predicted octanol–water partition coefficient (Wildman–Crippen LogP) is 0.943. The summed E-state index contributed by atoms with van der Waals surface area (Å²) in [5.74, 6) is 0.0809. The highest BCUT2D eigenvalue weighted by Crippen LogP contribution is 2.30. The molecular weight excluding hydrogens is 204 g/mol. The highest BCUT2D eigenvalue weighted by Gasteiger charge is 2.35. The Bertz CT molecular complexity index is 240. The zero-order valence-electron chi connectivity index (χ0n) is 10.1. The summed E-state index contributed by atoms with van der Waals surface area (Å²) < 4.78 is 5.31. The highest BCUT2D eigenvalue weighted by molar-refractivity contribution is 5.78. The van der Waals surface area contributed by atoms with E-state index in [9.17, 15) is 4.79 Å². The molecule has 0 aromatic rings. The van der Waals surface area contributed by atoms with E-state index >= 15 is 0 Å². The molecule has 1 aliphatic carbocycles. The first-order valence-electron chi connectivity index (χ1n) is 6.19. The Kier molecular flexibility index (Phi) is 3.22. The molecule has 1 atom stereocenters. The molecule has 16 heavy (non-hydrogen) atoms. The van der Waals surface area contributed by atoms with Crippen LogP contribution in [0.25, 0.3) is 0 Å². The molecule has 1 heterocycles. The number of carbonyl (C=O) groups is 1. The lowest BCUT2D eigenvalue weighted by Gasteiger charge is -2.28. The van der Waals surface area contributed by atoms with Crippen molar-refractivity contribution in [3.8, 4) is 0 Å². The van der Waals surface area contributed by atoms with Crippen molar-refractivity contribution in [1.82, 2.24) is 5.32 Å². The van der Waals surface area contributed by atoms with Gasteiger partial charge in [0.15, 0.2) is 0 Å². The van der Waals surface area contributed by atoms with Crippen LogP contribution in [0.5, 0.6) is 0 Å². The monoisotopic (exact) mass is 226 g/mol. The second-order valence-corrected chi connectivity index (χ2v) is 5.66. The van der Waals surface area contributed by atoms with Gasteiger partial charge in [-0.3, -0.25) is 4.79 Å². The fourth-order valence-electron chi connectivity index (χ4n) is 2.72. The zero-order valence-corrected chi connectivity index (χ0v) is 10.1. The van der Waals surface area contributed by atoms with E-state index in [0.29, 0.717) is 13.0 Å². The van der Waals surface area contributed by atoms with Crippen molar-refractivity contribution >= 4 is 5.91 Å². The van der Waals surface area contributed by atoms with Crippen molar-refractivity contribution in [2.45, 2.75) is 56.5 Å². The Morgan fingerprint density at radius 1 is 1.38 bits per heavy atom. The van der Waals surface area contributed by atoms with Gasteiger partial charge in [0, 0.05) is 18.6 Å². The second kappa shape index (κ2) is 4.34. The van der Waals surface area contributed by atoms with Crippen molar-refractivity contribution in [2.75, 3.05) is 13.2 Å². The Balaban J connectivity index is 1.84. The van der Waals surface area contributed by atoms with Gasteiger partial charge in [0.05, 0.1) is 12.1 Å². The summed E-state index contributed by atoms with van der Waals surface area (Å²) in [6.07, 6.45) is 5.63.